The van der Waals surface area contributed by atoms with Gasteiger partial charge < -0.3 is 9.47 Å². The summed E-state index contributed by atoms with van der Waals surface area (Å²) < 4.78 is 9.95. The van der Waals surface area contributed by atoms with E-state index in [9.17, 15) is 4.79 Å². The number of methoxy groups -OCH3 is 1. The van der Waals surface area contributed by atoms with E-state index in [-0.39, 0.29) is 17.3 Å². The predicted octanol–water partition coefficient (Wildman–Crippen LogP) is 2.64. The average molecular weight is 216 g/mol. The second-order valence-electron chi connectivity index (χ2n) is 5.03. The second-order valence-corrected chi connectivity index (χ2v) is 5.03. The van der Waals surface area contributed by atoms with Crippen LogP contribution in [-0.4, -0.2) is 26.3 Å². The Morgan fingerprint density at radius 2 is 1.87 bits per heavy atom. The van der Waals surface area contributed by atoms with Gasteiger partial charge in [-0.3, -0.25) is 4.79 Å². The number of hydrogen-bond acceptors (Lipinski definition) is 3. The van der Waals surface area contributed by atoms with Gasteiger partial charge in [-0.1, -0.05) is 27.7 Å². The maximum atomic E-state index is 11.6. The lowest BCUT2D eigenvalue weighted by atomic mass is 9.83. The molecule has 0 aromatic heterocycles. The Balaban J connectivity index is 4.00. The highest BCUT2D eigenvalue weighted by atomic mass is 16.6. The summed E-state index contributed by atoms with van der Waals surface area (Å²) in [5.74, 6) is -0.0775. The molecule has 0 heterocycles. The Labute approximate surface area is 93.1 Å². The molecular weight excluding hydrogens is 192 g/mol. The Kier molecular flexibility index (Phi) is 6.57. The van der Waals surface area contributed by atoms with Gasteiger partial charge in [0.2, 0.25) is 0 Å². The number of rotatable bonds is 6. The molecule has 3 nitrogen and oxygen atoms in total. The third-order valence-electron chi connectivity index (χ3n) is 2.22. The summed E-state index contributed by atoms with van der Waals surface area (Å²) in [7, 11) is 1.60. The van der Waals surface area contributed by atoms with E-state index >= 15 is 0 Å². The van der Waals surface area contributed by atoms with E-state index in [2.05, 4.69) is 20.8 Å². The van der Waals surface area contributed by atoms with Crippen LogP contribution in [-0.2, 0) is 14.3 Å². The standard InChI is InChI=1S/C12H24O3/c1-6-10(9-12(2,3)4)11(13)15-8-7-14-5/h10H,6-9H2,1-5H3. The predicted molar refractivity (Wildman–Crippen MR) is 60.7 cm³/mol. The lowest BCUT2D eigenvalue weighted by Gasteiger charge is -2.23. The number of carbonyl (C=O) groups excluding carboxylic acids is 1. The summed E-state index contributed by atoms with van der Waals surface area (Å²) in [5.41, 5.74) is 0.168. The second kappa shape index (κ2) is 6.83. The summed E-state index contributed by atoms with van der Waals surface area (Å²) in [5, 5.41) is 0. The maximum Gasteiger partial charge on any atom is 0.309 e. The van der Waals surface area contributed by atoms with Crippen molar-refractivity contribution < 1.29 is 14.3 Å². The van der Waals surface area contributed by atoms with Crippen LogP contribution in [0.15, 0.2) is 0 Å². The molecule has 0 amide bonds. The summed E-state index contributed by atoms with van der Waals surface area (Å²) in [6, 6.07) is 0. The van der Waals surface area contributed by atoms with Gasteiger partial charge in [-0.2, -0.15) is 0 Å². The van der Waals surface area contributed by atoms with Crippen LogP contribution < -0.4 is 0 Å². The largest absolute Gasteiger partial charge is 0.463 e. The third-order valence-corrected chi connectivity index (χ3v) is 2.22. The normalized spacial score (nSPS) is 13.7. The molecule has 0 aliphatic rings. The zero-order chi connectivity index (χ0) is 11.9. The summed E-state index contributed by atoms with van der Waals surface area (Å²) in [6.07, 6.45) is 1.71. The van der Waals surface area contributed by atoms with Crippen LogP contribution in [0.1, 0.15) is 40.5 Å². The Bertz CT molecular complexity index is 182. The fourth-order valence-corrected chi connectivity index (χ4v) is 1.48. The molecule has 0 fully saturated rings. The van der Waals surface area contributed by atoms with Gasteiger partial charge >= 0.3 is 5.97 Å². The summed E-state index contributed by atoms with van der Waals surface area (Å²) >= 11 is 0. The molecule has 0 saturated heterocycles. The third kappa shape index (κ3) is 7.37. The van der Waals surface area contributed by atoms with Crippen LogP contribution in [0.3, 0.4) is 0 Å². The molecule has 0 N–H and O–H groups in total. The van der Waals surface area contributed by atoms with Gasteiger partial charge in [0, 0.05) is 7.11 Å². The van der Waals surface area contributed by atoms with E-state index in [1.54, 1.807) is 7.11 Å². The fraction of sp³-hybridized carbons (Fsp3) is 0.917. The minimum Gasteiger partial charge on any atom is -0.463 e. The van der Waals surface area contributed by atoms with Gasteiger partial charge in [0.25, 0.3) is 0 Å². The first-order valence-corrected chi connectivity index (χ1v) is 5.56. The van der Waals surface area contributed by atoms with Crippen LogP contribution in [0.2, 0.25) is 0 Å². The van der Waals surface area contributed by atoms with E-state index < -0.39 is 0 Å². The van der Waals surface area contributed by atoms with E-state index in [1.807, 2.05) is 6.92 Å². The van der Waals surface area contributed by atoms with Gasteiger partial charge in [0.15, 0.2) is 0 Å². The smallest absolute Gasteiger partial charge is 0.309 e. The van der Waals surface area contributed by atoms with Crippen molar-refractivity contribution in [1.82, 2.24) is 0 Å². The highest BCUT2D eigenvalue weighted by Gasteiger charge is 2.24. The number of esters is 1. The lowest BCUT2D eigenvalue weighted by molar-refractivity contribution is -0.151. The van der Waals surface area contributed by atoms with Crippen molar-refractivity contribution in [3.05, 3.63) is 0 Å². The molecule has 90 valence electrons. The van der Waals surface area contributed by atoms with Gasteiger partial charge in [-0.15, -0.1) is 0 Å². The van der Waals surface area contributed by atoms with E-state index in [4.69, 9.17) is 9.47 Å². The number of hydrogen-bond donors (Lipinski definition) is 0. The number of ether oxygens (including phenoxy) is 2. The molecule has 0 aromatic carbocycles. The molecule has 0 bridgehead atoms. The van der Waals surface area contributed by atoms with E-state index in [0.29, 0.717) is 13.2 Å². The molecule has 0 aliphatic carbocycles. The van der Waals surface area contributed by atoms with E-state index in [0.717, 1.165) is 12.8 Å². The average Bonchev–Trinajstić information content (AvgIpc) is 2.13. The lowest BCUT2D eigenvalue weighted by Crippen LogP contribution is -2.23. The monoisotopic (exact) mass is 216 g/mol. The van der Waals surface area contributed by atoms with Crippen molar-refractivity contribution in [2.45, 2.75) is 40.5 Å². The Hall–Kier alpha value is -0.570. The molecular formula is C12H24O3. The van der Waals surface area contributed by atoms with Crippen molar-refractivity contribution in [3.8, 4) is 0 Å². The van der Waals surface area contributed by atoms with Crippen LogP contribution in [0.25, 0.3) is 0 Å². The minimum atomic E-state index is -0.0931. The molecule has 0 rings (SSSR count). The zero-order valence-electron chi connectivity index (χ0n) is 10.6. The SMILES string of the molecule is CCC(CC(C)(C)C)C(=O)OCCOC. The summed E-state index contributed by atoms with van der Waals surface area (Å²) in [6.45, 7) is 9.26. The highest BCUT2D eigenvalue weighted by Crippen LogP contribution is 2.26. The Morgan fingerprint density at radius 3 is 2.27 bits per heavy atom. The molecule has 1 unspecified atom stereocenters. The minimum absolute atomic E-state index is 0.0156. The van der Waals surface area contributed by atoms with Gasteiger partial charge in [0.1, 0.15) is 6.61 Å². The first-order chi connectivity index (χ1) is 6.90. The first kappa shape index (κ1) is 14.4. The molecule has 0 aromatic rings. The zero-order valence-corrected chi connectivity index (χ0v) is 10.6. The maximum absolute atomic E-state index is 11.6. The molecule has 3 heteroatoms. The van der Waals surface area contributed by atoms with E-state index in [1.165, 1.54) is 0 Å². The molecule has 0 aliphatic heterocycles. The highest BCUT2D eigenvalue weighted by molar-refractivity contribution is 5.72. The van der Waals surface area contributed by atoms with Crippen molar-refractivity contribution in [1.29, 1.82) is 0 Å². The molecule has 0 spiro atoms. The first-order valence-electron chi connectivity index (χ1n) is 5.56. The number of carbonyl (C=O) groups is 1. The molecule has 1 atom stereocenters. The van der Waals surface area contributed by atoms with Crippen LogP contribution >= 0.6 is 0 Å². The van der Waals surface area contributed by atoms with Gasteiger partial charge in [-0.25, -0.2) is 0 Å². The van der Waals surface area contributed by atoms with Crippen molar-refractivity contribution in [2.24, 2.45) is 11.3 Å². The molecule has 0 radical (unpaired) electrons. The topological polar surface area (TPSA) is 35.5 Å². The van der Waals surface area contributed by atoms with Crippen molar-refractivity contribution in [3.63, 3.8) is 0 Å². The van der Waals surface area contributed by atoms with Gasteiger partial charge in [0.05, 0.1) is 12.5 Å². The molecule has 0 saturated carbocycles. The Morgan fingerprint density at radius 1 is 1.27 bits per heavy atom. The van der Waals surface area contributed by atoms with Crippen LogP contribution in [0.4, 0.5) is 0 Å². The quantitative estimate of drug-likeness (QED) is 0.506. The van der Waals surface area contributed by atoms with Gasteiger partial charge in [-0.05, 0) is 18.3 Å². The van der Waals surface area contributed by atoms with Crippen LogP contribution in [0.5, 0.6) is 0 Å². The van der Waals surface area contributed by atoms with Crippen LogP contribution in [0, 0.1) is 11.3 Å². The van der Waals surface area contributed by atoms with Crippen molar-refractivity contribution in [2.75, 3.05) is 20.3 Å². The molecule has 15 heavy (non-hydrogen) atoms. The fourth-order valence-electron chi connectivity index (χ4n) is 1.48. The summed E-state index contributed by atoms with van der Waals surface area (Å²) in [4.78, 5) is 11.6. The van der Waals surface area contributed by atoms with Crippen molar-refractivity contribution >= 4 is 5.97 Å².